The molecule has 0 saturated heterocycles. The monoisotopic (exact) mass is 672 g/mol. The molecule has 0 fully saturated rings. The Morgan fingerprint density at radius 1 is 0.763 bits per heavy atom. The van der Waals surface area contributed by atoms with Gasteiger partial charge in [0.15, 0.2) is 11.3 Å². The van der Waals surface area contributed by atoms with Crippen LogP contribution in [0.1, 0.15) is 0 Å². The first-order chi connectivity index (χ1) is 18.3. The molecule has 3 aromatic carbocycles. The largest absolute Gasteiger partial charge is 3.00 e. The van der Waals surface area contributed by atoms with Crippen molar-refractivity contribution in [2.45, 2.75) is 0 Å². The van der Waals surface area contributed by atoms with Crippen LogP contribution in [-0.4, -0.2) is 27.0 Å². The third kappa shape index (κ3) is 3.95. The van der Waals surface area contributed by atoms with Gasteiger partial charge in [-0.2, -0.15) is 47.0 Å². The molecule has 0 unspecified atom stereocenters. The first kappa shape index (κ1) is 24.0. The van der Waals surface area contributed by atoms with Crippen molar-refractivity contribution in [3.05, 3.63) is 116 Å². The van der Waals surface area contributed by atoms with Crippen LogP contribution in [0.5, 0.6) is 0 Å². The average molecular weight is 672 g/mol. The number of para-hydroxylation sites is 5. The molecule has 0 atom stereocenters. The Morgan fingerprint density at radius 3 is 2.29 bits per heavy atom. The van der Waals surface area contributed by atoms with E-state index in [4.69, 9.17) is 9.97 Å². The fourth-order valence-corrected chi connectivity index (χ4v) is 4.76. The van der Waals surface area contributed by atoms with Crippen molar-refractivity contribution in [2.75, 3.05) is 16.8 Å². The summed E-state index contributed by atoms with van der Waals surface area (Å²) >= 11 is 0. The summed E-state index contributed by atoms with van der Waals surface area (Å²) in [5, 5.41) is 0.983. The fraction of sp³-hybridized carbons (Fsp3) is 0.0333. The number of hydrogen-bond donors (Lipinski definition) is 0. The van der Waals surface area contributed by atoms with Crippen LogP contribution in [0.3, 0.4) is 0 Å². The van der Waals surface area contributed by atoms with E-state index < -0.39 is 0 Å². The molecule has 8 heteroatoms. The summed E-state index contributed by atoms with van der Waals surface area (Å²) in [6, 6.07) is 31.4. The summed E-state index contributed by atoms with van der Waals surface area (Å²) in [6.45, 7) is 2.08. The number of benzene rings is 3. The third-order valence-corrected chi connectivity index (χ3v) is 6.46. The number of hydrogen-bond acceptors (Lipinski definition) is 6. The van der Waals surface area contributed by atoms with Crippen LogP contribution in [0.25, 0.3) is 38.7 Å². The summed E-state index contributed by atoms with van der Waals surface area (Å²) < 4.78 is 1.96. The zero-order valence-corrected chi connectivity index (χ0v) is 22.8. The molecule has 7 nitrogen and oxygen atoms in total. The maximum Gasteiger partial charge on any atom is 3.00 e. The number of rotatable bonds is 1. The Kier molecular flexibility index (Phi) is 6.19. The summed E-state index contributed by atoms with van der Waals surface area (Å²) in [5.41, 5.74) is 8.53. The quantitative estimate of drug-likeness (QED) is 0.101. The molecule has 0 amide bonds. The molecule has 8 rings (SSSR count). The molecule has 0 bridgehead atoms. The van der Waals surface area contributed by atoms with Gasteiger partial charge < -0.3 is 14.2 Å². The van der Waals surface area contributed by atoms with E-state index >= 15 is 0 Å². The number of nitrogens with zero attached hydrogens (tertiary/aromatic N) is 7. The first-order valence-electron chi connectivity index (χ1n) is 12.0. The van der Waals surface area contributed by atoms with Gasteiger partial charge in [-0.25, -0.2) is 4.98 Å². The fourth-order valence-electron chi connectivity index (χ4n) is 4.76. The molecule has 184 valence electrons. The van der Waals surface area contributed by atoms with Crippen molar-refractivity contribution >= 4 is 55.8 Å². The van der Waals surface area contributed by atoms with Gasteiger partial charge in [0.05, 0.1) is 28.9 Å². The van der Waals surface area contributed by atoms with E-state index in [-0.39, 0.29) is 20.1 Å². The smallest absolute Gasteiger partial charge is 0.504 e. The topological polar surface area (TPSA) is 62.1 Å². The zero-order valence-electron chi connectivity index (χ0n) is 20.4. The summed E-state index contributed by atoms with van der Waals surface area (Å²) in [5.74, 6) is 0. The van der Waals surface area contributed by atoms with Crippen molar-refractivity contribution in [1.82, 2.24) is 19.9 Å². The van der Waals surface area contributed by atoms with E-state index in [1.807, 2.05) is 65.2 Å². The molecule has 1 aliphatic rings. The average Bonchev–Trinajstić information content (AvgIpc) is 3.59. The minimum absolute atomic E-state index is 0. The molecular weight excluding hydrogens is 651 g/mol. The van der Waals surface area contributed by atoms with Gasteiger partial charge in [-0.3, -0.25) is 4.98 Å². The van der Waals surface area contributed by atoms with Crippen molar-refractivity contribution in [2.24, 2.45) is 0 Å². The van der Waals surface area contributed by atoms with E-state index in [1.54, 1.807) is 12.4 Å². The van der Waals surface area contributed by atoms with Gasteiger partial charge in [0.2, 0.25) is 0 Å². The normalized spacial score (nSPS) is 12.4. The molecule has 4 aromatic heterocycles. The van der Waals surface area contributed by atoms with Crippen LogP contribution in [0, 0.1) is 12.7 Å². The van der Waals surface area contributed by atoms with Crippen LogP contribution < -0.4 is 14.2 Å². The molecule has 0 spiro atoms. The van der Waals surface area contributed by atoms with E-state index in [0.717, 1.165) is 44.4 Å². The predicted molar refractivity (Wildman–Crippen MR) is 145 cm³/mol. The van der Waals surface area contributed by atoms with Crippen molar-refractivity contribution in [1.29, 1.82) is 0 Å². The molecule has 0 saturated carbocycles. The standard InChI is InChI=1S/C16H9N5.C14H12N2.Ir/c1-2-6-12-11(5-1)19-13-10-4-3-7-17-15(10)21-9-8-18-16(21)14(13)20-12;1-15-11-16(12-7-3-2-4-8-12)14-10-6-5-9-13(14)15;/h1-9H;2-7,9-11H,1H3;/q;-2;+3. The second-order valence-electron chi connectivity index (χ2n) is 8.74. The van der Waals surface area contributed by atoms with Crippen molar-refractivity contribution < 1.29 is 24.5 Å². The van der Waals surface area contributed by atoms with Crippen LogP contribution in [0.15, 0.2) is 104 Å². The number of fused-ring (bicyclic) bond motifs is 8. The minimum atomic E-state index is 0. The molecule has 1 aliphatic heterocycles. The van der Waals surface area contributed by atoms with Crippen LogP contribution in [-0.2, 0) is 20.1 Å². The molecule has 38 heavy (non-hydrogen) atoms. The number of aromatic nitrogens is 5. The van der Waals surface area contributed by atoms with E-state index in [0.29, 0.717) is 0 Å². The van der Waals surface area contributed by atoms with E-state index in [2.05, 4.69) is 69.9 Å². The Balaban J connectivity index is 0.000000141. The second-order valence-corrected chi connectivity index (χ2v) is 8.74. The Hall–Kier alpha value is -4.39. The molecule has 0 aliphatic carbocycles. The summed E-state index contributed by atoms with van der Waals surface area (Å²) in [7, 11) is 2.06. The van der Waals surface area contributed by atoms with Gasteiger partial charge in [0, 0.05) is 16.8 Å². The first-order valence-corrected chi connectivity index (χ1v) is 12.0. The molecule has 7 aromatic rings. The minimum Gasteiger partial charge on any atom is -0.504 e. The Bertz CT molecular complexity index is 1900. The maximum absolute atomic E-state index is 4.78. The second kappa shape index (κ2) is 9.82. The van der Waals surface area contributed by atoms with Gasteiger partial charge in [-0.05, 0) is 43.6 Å². The Labute approximate surface area is 232 Å². The zero-order chi connectivity index (χ0) is 24.8. The van der Waals surface area contributed by atoms with Crippen LogP contribution >= 0.6 is 0 Å². The number of imidazole rings is 1. The van der Waals surface area contributed by atoms with Crippen LogP contribution in [0.2, 0.25) is 0 Å². The van der Waals surface area contributed by atoms with Gasteiger partial charge in [-0.15, -0.1) is 5.69 Å². The van der Waals surface area contributed by atoms with E-state index in [1.165, 1.54) is 11.4 Å². The van der Waals surface area contributed by atoms with E-state index in [9.17, 15) is 0 Å². The molecule has 0 N–H and O–H groups in total. The summed E-state index contributed by atoms with van der Waals surface area (Å²) in [6.07, 6.45) is 5.45. The molecule has 5 heterocycles. The third-order valence-electron chi connectivity index (χ3n) is 6.46. The van der Waals surface area contributed by atoms with Gasteiger partial charge >= 0.3 is 20.1 Å². The predicted octanol–water partition coefficient (Wildman–Crippen LogP) is 5.38. The molecular formula is C30H21IrN7+. The maximum atomic E-state index is 4.78. The Morgan fingerprint density at radius 2 is 1.50 bits per heavy atom. The summed E-state index contributed by atoms with van der Waals surface area (Å²) in [4.78, 5) is 22.7. The van der Waals surface area contributed by atoms with Crippen molar-refractivity contribution in [3.8, 4) is 0 Å². The van der Waals surface area contributed by atoms with Gasteiger partial charge in [0.1, 0.15) is 5.52 Å². The van der Waals surface area contributed by atoms with Gasteiger partial charge in [0.25, 0.3) is 0 Å². The van der Waals surface area contributed by atoms with Gasteiger partial charge in [-0.1, -0.05) is 30.3 Å². The molecule has 0 radical (unpaired) electrons. The number of anilines is 3. The number of pyridine rings is 2. The van der Waals surface area contributed by atoms with Crippen LogP contribution in [0.4, 0.5) is 17.1 Å². The van der Waals surface area contributed by atoms with Crippen molar-refractivity contribution in [3.63, 3.8) is 0 Å². The SMILES string of the molecule is CN1[CH-]N(c2[c-]cccc2)c2ccccc21.[Ir+3].c1ccc2nc3c(nc2c1)c1cccnc1[n+]1[cH-]cnc31.